The van der Waals surface area contributed by atoms with Crippen LogP contribution in [0.3, 0.4) is 0 Å². The van der Waals surface area contributed by atoms with Gasteiger partial charge in [0.15, 0.2) is 0 Å². The first-order valence-corrected chi connectivity index (χ1v) is 5.93. The number of carbonyl (C=O) groups is 2. The fourth-order valence-electron chi connectivity index (χ4n) is 2.68. The maximum Gasteiger partial charge on any atom is 0.243 e. The zero-order valence-corrected chi connectivity index (χ0v) is 9.61. The minimum absolute atomic E-state index is 0.185. The second-order valence-electron chi connectivity index (χ2n) is 4.84. The Hall–Kier alpha value is -0.940. The molecule has 3 N–H and O–H groups in total. The molecule has 1 saturated carbocycles. The lowest BCUT2D eigenvalue weighted by molar-refractivity contribution is -0.141. The Morgan fingerprint density at radius 2 is 2.12 bits per heavy atom. The van der Waals surface area contributed by atoms with Crippen LogP contribution in [0.15, 0.2) is 0 Å². The van der Waals surface area contributed by atoms with Gasteiger partial charge in [-0.2, -0.15) is 0 Å². The standard InChI is InChI=1S/C11H19N3O2/c1-7-11(16)13-10(15)6-14(7)9-4-2-3-8(12)5-9/h7-9H,2-6,12H2,1H3,(H,13,15,16). The van der Waals surface area contributed by atoms with Crippen molar-refractivity contribution in [2.75, 3.05) is 6.54 Å². The lowest BCUT2D eigenvalue weighted by atomic mass is 9.89. The molecule has 0 aromatic heterocycles. The van der Waals surface area contributed by atoms with Crippen molar-refractivity contribution in [2.24, 2.45) is 5.73 Å². The highest BCUT2D eigenvalue weighted by molar-refractivity contribution is 6.00. The Balaban J connectivity index is 2.06. The van der Waals surface area contributed by atoms with Gasteiger partial charge in [-0.1, -0.05) is 6.42 Å². The van der Waals surface area contributed by atoms with Crippen molar-refractivity contribution in [2.45, 2.75) is 50.7 Å². The highest BCUT2D eigenvalue weighted by Gasteiger charge is 2.36. The topological polar surface area (TPSA) is 75.4 Å². The number of carbonyl (C=O) groups excluding carboxylic acids is 2. The van der Waals surface area contributed by atoms with Crippen molar-refractivity contribution in [1.29, 1.82) is 0 Å². The summed E-state index contributed by atoms with van der Waals surface area (Å²) < 4.78 is 0. The third-order valence-corrected chi connectivity index (χ3v) is 3.62. The van der Waals surface area contributed by atoms with Gasteiger partial charge in [-0.15, -0.1) is 0 Å². The van der Waals surface area contributed by atoms with Gasteiger partial charge >= 0.3 is 0 Å². The van der Waals surface area contributed by atoms with Gasteiger partial charge in [0.25, 0.3) is 0 Å². The second kappa shape index (κ2) is 4.51. The van der Waals surface area contributed by atoms with Gasteiger partial charge in [0, 0.05) is 12.1 Å². The SMILES string of the molecule is CC1C(=O)NC(=O)CN1C1CCCC(N)C1. The maximum atomic E-state index is 11.5. The van der Waals surface area contributed by atoms with Crippen LogP contribution in [0, 0.1) is 0 Å². The van der Waals surface area contributed by atoms with E-state index in [1.165, 1.54) is 0 Å². The van der Waals surface area contributed by atoms with E-state index in [2.05, 4.69) is 5.32 Å². The quantitative estimate of drug-likeness (QED) is 0.596. The Kier molecular flexibility index (Phi) is 3.25. The number of nitrogens with one attached hydrogen (secondary N) is 1. The molecule has 3 atom stereocenters. The number of hydrogen-bond donors (Lipinski definition) is 2. The molecule has 0 radical (unpaired) electrons. The summed E-state index contributed by atoms with van der Waals surface area (Å²) in [5.74, 6) is -0.377. The number of nitrogens with two attached hydrogens (primary N) is 1. The van der Waals surface area contributed by atoms with Gasteiger partial charge in [-0.25, -0.2) is 0 Å². The summed E-state index contributed by atoms with van der Waals surface area (Å²) in [6.07, 6.45) is 4.08. The molecule has 0 bridgehead atoms. The number of piperazine rings is 1. The zero-order valence-electron chi connectivity index (χ0n) is 9.61. The summed E-state index contributed by atoms with van der Waals surface area (Å²) in [5.41, 5.74) is 5.93. The normalized spacial score (nSPS) is 37.2. The third-order valence-electron chi connectivity index (χ3n) is 3.62. The van der Waals surface area contributed by atoms with Crippen molar-refractivity contribution in [3.05, 3.63) is 0 Å². The van der Waals surface area contributed by atoms with Crippen molar-refractivity contribution >= 4 is 11.8 Å². The smallest absolute Gasteiger partial charge is 0.243 e. The Labute approximate surface area is 95.3 Å². The number of hydrogen-bond acceptors (Lipinski definition) is 4. The zero-order chi connectivity index (χ0) is 11.7. The van der Waals surface area contributed by atoms with E-state index < -0.39 is 0 Å². The minimum Gasteiger partial charge on any atom is -0.328 e. The predicted octanol–water partition coefficient (Wildman–Crippen LogP) is -0.397. The van der Waals surface area contributed by atoms with Crippen molar-refractivity contribution in [3.63, 3.8) is 0 Å². The molecule has 90 valence electrons. The first-order valence-electron chi connectivity index (χ1n) is 5.93. The summed E-state index contributed by atoms with van der Waals surface area (Å²) in [4.78, 5) is 24.9. The maximum absolute atomic E-state index is 11.5. The molecular formula is C11H19N3O2. The molecule has 1 aliphatic heterocycles. The molecule has 1 aliphatic carbocycles. The number of nitrogens with zero attached hydrogens (tertiary/aromatic N) is 1. The summed E-state index contributed by atoms with van der Waals surface area (Å²) in [5, 5.41) is 2.36. The van der Waals surface area contributed by atoms with Crippen LogP contribution >= 0.6 is 0 Å². The van der Waals surface area contributed by atoms with Crippen LogP contribution in [0.5, 0.6) is 0 Å². The van der Waals surface area contributed by atoms with E-state index in [1.54, 1.807) is 0 Å². The average Bonchev–Trinajstić information content (AvgIpc) is 2.23. The highest BCUT2D eigenvalue weighted by atomic mass is 16.2. The fraction of sp³-hybridized carbons (Fsp3) is 0.818. The van der Waals surface area contributed by atoms with Gasteiger partial charge in [-0.3, -0.25) is 19.8 Å². The molecule has 2 amide bonds. The van der Waals surface area contributed by atoms with E-state index in [1.807, 2.05) is 11.8 Å². The number of imide groups is 1. The van der Waals surface area contributed by atoms with Gasteiger partial charge in [0.2, 0.25) is 11.8 Å². The first-order chi connectivity index (χ1) is 7.58. The third kappa shape index (κ3) is 2.25. The first kappa shape index (κ1) is 11.5. The molecule has 2 fully saturated rings. The van der Waals surface area contributed by atoms with E-state index >= 15 is 0 Å². The molecule has 5 heteroatoms. The van der Waals surface area contributed by atoms with Crippen LogP contribution in [-0.4, -0.2) is 41.4 Å². The van der Waals surface area contributed by atoms with Crippen LogP contribution in [0.1, 0.15) is 32.6 Å². The van der Waals surface area contributed by atoms with E-state index in [0.29, 0.717) is 6.54 Å². The molecule has 1 saturated heterocycles. The molecule has 0 spiro atoms. The summed E-state index contributed by atoms with van der Waals surface area (Å²) in [6, 6.07) is 0.285. The van der Waals surface area contributed by atoms with Crippen LogP contribution in [0.2, 0.25) is 0 Å². The molecule has 0 aromatic carbocycles. The van der Waals surface area contributed by atoms with Crippen molar-refractivity contribution in [3.8, 4) is 0 Å². The number of rotatable bonds is 1. The fourth-order valence-corrected chi connectivity index (χ4v) is 2.68. The minimum atomic E-state index is -0.215. The molecule has 1 heterocycles. The molecule has 0 aromatic rings. The van der Waals surface area contributed by atoms with E-state index in [4.69, 9.17) is 5.73 Å². The van der Waals surface area contributed by atoms with Gasteiger partial charge < -0.3 is 5.73 Å². The van der Waals surface area contributed by atoms with Crippen molar-refractivity contribution < 1.29 is 9.59 Å². The monoisotopic (exact) mass is 225 g/mol. The van der Waals surface area contributed by atoms with Crippen LogP contribution in [0.4, 0.5) is 0 Å². The van der Waals surface area contributed by atoms with Gasteiger partial charge in [0.1, 0.15) is 0 Å². The van der Waals surface area contributed by atoms with Crippen LogP contribution in [-0.2, 0) is 9.59 Å². The molecule has 2 rings (SSSR count). The molecule has 2 aliphatic rings. The Bertz CT molecular complexity index is 306. The second-order valence-corrected chi connectivity index (χ2v) is 4.84. The largest absolute Gasteiger partial charge is 0.328 e. The number of amides is 2. The lowest BCUT2D eigenvalue weighted by Crippen LogP contribution is -2.60. The van der Waals surface area contributed by atoms with E-state index in [-0.39, 0.29) is 29.9 Å². The molecule has 3 unspecified atom stereocenters. The van der Waals surface area contributed by atoms with Gasteiger partial charge in [-0.05, 0) is 26.2 Å². The van der Waals surface area contributed by atoms with Crippen LogP contribution in [0.25, 0.3) is 0 Å². The van der Waals surface area contributed by atoms with Gasteiger partial charge in [0.05, 0.1) is 12.6 Å². The van der Waals surface area contributed by atoms with E-state index in [9.17, 15) is 9.59 Å². The Morgan fingerprint density at radius 3 is 2.81 bits per heavy atom. The Morgan fingerprint density at radius 1 is 1.38 bits per heavy atom. The molecular weight excluding hydrogens is 206 g/mol. The highest BCUT2D eigenvalue weighted by Crippen LogP contribution is 2.24. The summed E-state index contributed by atoms with van der Waals surface area (Å²) in [7, 11) is 0. The summed E-state index contributed by atoms with van der Waals surface area (Å²) >= 11 is 0. The van der Waals surface area contributed by atoms with Crippen LogP contribution < -0.4 is 11.1 Å². The predicted molar refractivity (Wildman–Crippen MR) is 59.5 cm³/mol. The molecule has 16 heavy (non-hydrogen) atoms. The average molecular weight is 225 g/mol. The van der Waals surface area contributed by atoms with Crippen molar-refractivity contribution in [1.82, 2.24) is 10.2 Å². The van der Waals surface area contributed by atoms with E-state index in [0.717, 1.165) is 25.7 Å². The lowest BCUT2D eigenvalue weighted by Gasteiger charge is -2.41. The summed E-state index contributed by atoms with van der Waals surface area (Å²) in [6.45, 7) is 2.17. The molecule has 5 nitrogen and oxygen atoms in total.